The molecule has 0 N–H and O–H groups in total. The van der Waals surface area contributed by atoms with Gasteiger partial charge in [0, 0.05) is 23.9 Å². The van der Waals surface area contributed by atoms with Crippen molar-refractivity contribution in [2.75, 3.05) is 13.7 Å². The van der Waals surface area contributed by atoms with Crippen molar-refractivity contribution < 1.29 is 9.53 Å². The summed E-state index contributed by atoms with van der Waals surface area (Å²) in [5, 5.41) is 0.823. The first-order valence-corrected chi connectivity index (χ1v) is 9.03. The van der Waals surface area contributed by atoms with E-state index in [2.05, 4.69) is 17.3 Å². The Labute approximate surface area is 142 Å². The lowest BCUT2D eigenvalue weighted by Crippen LogP contribution is -2.34. The number of aryl methyl sites for hydroxylation is 1. The van der Waals surface area contributed by atoms with Crippen LogP contribution in [-0.4, -0.2) is 30.0 Å². The number of methoxy groups -OCH3 is 1. The van der Waals surface area contributed by atoms with Crippen LogP contribution in [-0.2, 0) is 9.53 Å². The van der Waals surface area contributed by atoms with E-state index in [1.165, 1.54) is 31.9 Å². The molecule has 1 atom stereocenters. The molecule has 5 heteroatoms. The van der Waals surface area contributed by atoms with Crippen LogP contribution in [0.2, 0.25) is 5.02 Å². The molecule has 1 aliphatic heterocycles. The van der Waals surface area contributed by atoms with Crippen LogP contribution < -0.4 is 0 Å². The van der Waals surface area contributed by atoms with Crippen molar-refractivity contribution in [3.63, 3.8) is 0 Å². The second-order valence-corrected chi connectivity index (χ2v) is 7.20. The molecule has 122 valence electrons. The molecule has 0 bridgehead atoms. The molecule has 1 saturated heterocycles. The van der Waals surface area contributed by atoms with Gasteiger partial charge in [0.05, 0.1) is 12.1 Å². The van der Waals surface area contributed by atoms with Gasteiger partial charge in [0.25, 0.3) is 0 Å². The number of halogens is 1. The first-order chi connectivity index (χ1) is 10.6. The maximum absolute atomic E-state index is 11.3. The van der Waals surface area contributed by atoms with Crippen molar-refractivity contribution in [1.29, 1.82) is 0 Å². The third-order valence-electron chi connectivity index (χ3n) is 4.09. The standard InChI is InChI=1S/C17H24ClNO2S/c1-13-7-5-10-15(18)17(13)22-19-12-4-3-8-14(19)9-6-11-16(20)21-2/h5,7,10,14H,3-4,6,8-9,11-12H2,1-2H3. The van der Waals surface area contributed by atoms with Crippen molar-refractivity contribution in [3.8, 4) is 0 Å². The maximum atomic E-state index is 11.3. The van der Waals surface area contributed by atoms with Crippen LogP contribution in [0, 0.1) is 6.92 Å². The van der Waals surface area contributed by atoms with Gasteiger partial charge in [-0.1, -0.05) is 30.2 Å². The number of carbonyl (C=O) groups excluding carboxylic acids is 1. The van der Waals surface area contributed by atoms with Crippen molar-refractivity contribution in [2.45, 2.75) is 56.4 Å². The average molecular weight is 342 g/mol. The normalized spacial score (nSPS) is 19.1. The molecular formula is C17H24ClNO2S. The number of esters is 1. The molecule has 0 saturated carbocycles. The highest BCUT2D eigenvalue weighted by atomic mass is 35.5. The van der Waals surface area contributed by atoms with E-state index in [-0.39, 0.29) is 5.97 Å². The maximum Gasteiger partial charge on any atom is 0.305 e. The van der Waals surface area contributed by atoms with Crippen LogP contribution in [0.25, 0.3) is 0 Å². The molecule has 1 heterocycles. The van der Waals surface area contributed by atoms with Gasteiger partial charge < -0.3 is 4.74 Å². The summed E-state index contributed by atoms with van der Waals surface area (Å²) < 4.78 is 7.17. The zero-order chi connectivity index (χ0) is 15.9. The Hall–Kier alpha value is -0.710. The number of ether oxygens (including phenoxy) is 1. The number of piperidine rings is 1. The largest absolute Gasteiger partial charge is 0.469 e. The van der Waals surface area contributed by atoms with Crippen LogP contribution >= 0.6 is 23.5 Å². The van der Waals surface area contributed by atoms with Crippen molar-refractivity contribution in [3.05, 3.63) is 28.8 Å². The minimum absolute atomic E-state index is 0.114. The van der Waals surface area contributed by atoms with Crippen LogP contribution in [0.3, 0.4) is 0 Å². The molecule has 0 spiro atoms. The highest BCUT2D eigenvalue weighted by Crippen LogP contribution is 2.37. The zero-order valence-electron chi connectivity index (χ0n) is 13.3. The van der Waals surface area contributed by atoms with Gasteiger partial charge in [0.1, 0.15) is 0 Å². The first-order valence-electron chi connectivity index (χ1n) is 7.88. The number of benzene rings is 1. The summed E-state index contributed by atoms with van der Waals surface area (Å²) in [6.07, 6.45) is 6.11. The molecule has 0 aromatic heterocycles. The van der Waals surface area contributed by atoms with Gasteiger partial charge in [-0.15, -0.1) is 0 Å². The summed E-state index contributed by atoms with van der Waals surface area (Å²) >= 11 is 8.13. The predicted octanol–water partition coefficient (Wildman–Crippen LogP) is 4.85. The molecule has 2 rings (SSSR count). The third kappa shape index (κ3) is 4.90. The molecule has 0 aliphatic carbocycles. The van der Waals surface area contributed by atoms with Gasteiger partial charge in [0.2, 0.25) is 0 Å². The highest BCUT2D eigenvalue weighted by molar-refractivity contribution is 7.97. The smallest absolute Gasteiger partial charge is 0.305 e. The first kappa shape index (κ1) is 17.6. The fourth-order valence-electron chi connectivity index (χ4n) is 2.82. The minimum Gasteiger partial charge on any atom is -0.469 e. The lowest BCUT2D eigenvalue weighted by molar-refractivity contribution is -0.140. The average Bonchev–Trinajstić information content (AvgIpc) is 2.52. The van der Waals surface area contributed by atoms with E-state index in [9.17, 15) is 4.79 Å². The molecule has 22 heavy (non-hydrogen) atoms. The van der Waals surface area contributed by atoms with Crippen molar-refractivity contribution in [2.24, 2.45) is 0 Å². The van der Waals surface area contributed by atoms with E-state index in [0.29, 0.717) is 12.5 Å². The van der Waals surface area contributed by atoms with Gasteiger partial charge >= 0.3 is 5.97 Å². The molecule has 1 unspecified atom stereocenters. The van der Waals surface area contributed by atoms with Gasteiger partial charge in [0.15, 0.2) is 0 Å². The predicted molar refractivity (Wildman–Crippen MR) is 92.3 cm³/mol. The number of hydrogen-bond acceptors (Lipinski definition) is 4. The molecular weight excluding hydrogens is 318 g/mol. The molecule has 1 aliphatic rings. The SMILES string of the molecule is COC(=O)CCCC1CCCCN1Sc1c(C)cccc1Cl. The van der Waals surface area contributed by atoms with E-state index in [4.69, 9.17) is 16.3 Å². The molecule has 0 radical (unpaired) electrons. The van der Waals surface area contributed by atoms with Crippen LogP contribution in [0.5, 0.6) is 0 Å². The lowest BCUT2D eigenvalue weighted by atomic mass is 10.00. The Morgan fingerprint density at radius 1 is 1.45 bits per heavy atom. The van der Waals surface area contributed by atoms with Gasteiger partial charge in [-0.05, 0) is 56.2 Å². The Morgan fingerprint density at radius 2 is 2.27 bits per heavy atom. The van der Waals surface area contributed by atoms with Gasteiger partial charge in [-0.2, -0.15) is 0 Å². The summed E-state index contributed by atoms with van der Waals surface area (Å²) in [4.78, 5) is 12.4. The quantitative estimate of drug-likeness (QED) is 0.546. The summed E-state index contributed by atoms with van der Waals surface area (Å²) in [5.41, 5.74) is 1.22. The van der Waals surface area contributed by atoms with Crippen LogP contribution in [0.4, 0.5) is 0 Å². The van der Waals surface area contributed by atoms with E-state index >= 15 is 0 Å². The zero-order valence-corrected chi connectivity index (χ0v) is 14.9. The Kier molecular flexibility index (Phi) is 7.06. The number of hydrogen-bond donors (Lipinski definition) is 0. The van der Waals surface area contributed by atoms with E-state index < -0.39 is 0 Å². The summed E-state index contributed by atoms with van der Waals surface area (Å²) in [6, 6.07) is 6.56. The molecule has 3 nitrogen and oxygen atoms in total. The summed E-state index contributed by atoms with van der Waals surface area (Å²) in [5.74, 6) is -0.114. The number of carbonyl (C=O) groups is 1. The Bertz CT molecular complexity index is 489. The van der Waals surface area contributed by atoms with E-state index in [0.717, 1.165) is 29.3 Å². The van der Waals surface area contributed by atoms with Crippen LogP contribution in [0.15, 0.2) is 23.1 Å². The Balaban J connectivity index is 1.96. The number of nitrogens with zero attached hydrogens (tertiary/aromatic N) is 1. The van der Waals surface area contributed by atoms with Gasteiger partial charge in [-0.25, -0.2) is 4.31 Å². The number of rotatable bonds is 6. The Morgan fingerprint density at radius 3 is 3.00 bits per heavy atom. The lowest BCUT2D eigenvalue weighted by Gasteiger charge is -2.35. The fraction of sp³-hybridized carbons (Fsp3) is 0.588. The fourth-order valence-corrected chi connectivity index (χ4v) is 4.32. The van der Waals surface area contributed by atoms with Gasteiger partial charge in [-0.3, -0.25) is 4.79 Å². The van der Waals surface area contributed by atoms with E-state index in [1.807, 2.05) is 12.1 Å². The topological polar surface area (TPSA) is 29.5 Å². The summed E-state index contributed by atoms with van der Waals surface area (Å²) in [7, 11) is 1.45. The highest BCUT2D eigenvalue weighted by Gasteiger charge is 2.24. The van der Waals surface area contributed by atoms with E-state index in [1.54, 1.807) is 11.9 Å². The molecule has 1 aromatic carbocycles. The summed E-state index contributed by atoms with van der Waals surface area (Å²) in [6.45, 7) is 3.18. The van der Waals surface area contributed by atoms with Crippen molar-refractivity contribution >= 4 is 29.5 Å². The minimum atomic E-state index is -0.114. The van der Waals surface area contributed by atoms with Crippen LogP contribution in [0.1, 0.15) is 44.1 Å². The van der Waals surface area contributed by atoms with Crippen molar-refractivity contribution in [1.82, 2.24) is 4.31 Å². The molecule has 1 fully saturated rings. The molecule has 0 amide bonds. The second-order valence-electron chi connectivity index (χ2n) is 5.74. The third-order valence-corrected chi connectivity index (χ3v) is 5.96. The molecule has 1 aromatic rings. The second kappa shape index (κ2) is 8.80. The monoisotopic (exact) mass is 341 g/mol.